The maximum absolute atomic E-state index is 12.3. The van der Waals surface area contributed by atoms with Crippen LogP contribution in [0.5, 0.6) is 0 Å². The van der Waals surface area contributed by atoms with E-state index in [1.54, 1.807) is 30.0 Å². The van der Waals surface area contributed by atoms with Crippen LogP contribution >= 0.6 is 11.6 Å². The lowest BCUT2D eigenvalue weighted by Crippen LogP contribution is -2.29. The van der Waals surface area contributed by atoms with Crippen LogP contribution in [0.25, 0.3) is 11.2 Å². The molecule has 3 rings (SSSR count). The summed E-state index contributed by atoms with van der Waals surface area (Å²) < 4.78 is 2.91. The molecule has 0 bridgehead atoms. The molecule has 0 unspecified atom stereocenters. The van der Waals surface area contributed by atoms with E-state index in [0.717, 1.165) is 11.1 Å². The van der Waals surface area contributed by atoms with Crippen molar-refractivity contribution >= 4 is 34.9 Å². The normalized spacial score (nSPS) is 11.3. The van der Waals surface area contributed by atoms with Crippen molar-refractivity contribution in [2.75, 3.05) is 5.43 Å². The molecule has 2 heterocycles. The van der Waals surface area contributed by atoms with Gasteiger partial charge in [0, 0.05) is 18.6 Å². The fraction of sp³-hybridized carbons (Fsp3) is 0.176. The summed E-state index contributed by atoms with van der Waals surface area (Å²) in [6.07, 6.45) is 1.60. The van der Waals surface area contributed by atoms with Crippen LogP contribution in [0.3, 0.4) is 0 Å². The number of hydrazone groups is 1. The lowest BCUT2D eigenvalue weighted by molar-refractivity contribution is 0.800. The molecule has 134 valence electrons. The van der Waals surface area contributed by atoms with Crippen LogP contribution in [-0.4, -0.2) is 25.3 Å². The van der Waals surface area contributed by atoms with Crippen LogP contribution in [0.1, 0.15) is 12.5 Å². The van der Waals surface area contributed by atoms with Gasteiger partial charge < -0.3 is 0 Å². The Balaban J connectivity index is 2.04. The fourth-order valence-electron chi connectivity index (χ4n) is 2.46. The molecule has 0 amide bonds. The number of fused-ring (bicyclic) bond motifs is 1. The Bertz CT molecular complexity index is 1120. The topological polar surface area (TPSA) is 97.1 Å². The van der Waals surface area contributed by atoms with Gasteiger partial charge in [0.25, 0.3) is 5.56 Å². The zero-order chi connectivity index (χ0) is 18.8. The fourth-order valence-corrected chi connectivity index (χ4v) is 2.58. The first-order chi connectivity index (χ1) is 12.4. The molecule has 3 aromatic rings. The van der Waals surface area contributed by atoms with Crippen molar-refractivity contribution in [3.05, 3.63) is 67.8 Å². The highest BCUT2D eigenvalue weighted by atomic mass is 35.5. The highest BCUT2D eigenvalue weighted by Gasteiger charge is 2.17. The van der Waals surface area contributed by atoms with Gasteiger partial charge in [0.05, 0.1) is 6.21 Å². The van der Waals surface area contributed by atoms with Crippen molar-refractivity contribution in [3.8, 4) is 0 Å². The minimum absolute atomic E-state index is 0.268. The van der Waals surface area contributed by atoms with Gasteiger partial charge in [0.2, 0.25) is 5.95 Å². The molecular formula is C17H17ClN6O2. The molecule has 0 radical (unpaired) electrons. The average Bonchev–Trinajstić information content (AvgIpc) is 2.93. The van der Waals surface area contributed by atoms with Gasteiger partial charge in [-0.2, -0.15) is 10.1 Å². The highest BCUT2D eigenvalue weighted by molar-refractivity contribution is 6.30. The number of nitrogens with one attached hydrogen (secondary N) is 2. The van der Waals surface area contributed by atoms with Gasteiger partial charge >= 0.3 is 5.69 Å². The second-order valence-electron chi connectivity index (χ2n) is 5.89. The summed E-state index contributed by atoms with van der Waals surface area (Å²) in [5.41, 5.74) is 4.00. The van der Waals surface area contributed by atoms with Crippen LogP contribution in [0.15, 0.2) is 51.1 Å². The SMILES string of the molecule is C=C(C)Cn1c(N/N=C\c2ccc(Cl)cc2)nc2c1c(=O)[nH]c(=O)n2C. The van der Waals surface area contributed by atoms with Crippen molar-refractivity contribution in [3.63, 3.8) is 0 Å². The Hall–Kier alpha value is -3.13. The molecule has 0 aliphatic carbocycles. The average molecular weight is 373 g/mol. The van der Waals surface area contributed by atoms with Gasteiger partial charge in [-0.05, 0) is 24.6 Å². The molecule has 0 atom stereocenters. The molecular weight excluding hydrogens is 356 g/mol. The third-order valence-electron chi connectivity index (χ3n) is 3.68. The summed E-state index contributed by atoms with van der Waals surface area (Å²) in [4.78, 5) is 30.7. The van der Waals surface area contributed by atoms with Crippen LogP contribution in [0.4, 0.5) is 5.95 Å². The maximum atomic E-state index is 12.3. The number of rotatable bonds is 5. The van der Waals surface area contributed by atoms with E-state index < -0.39 is 11.2 Å². The first-order valence-corrected chi connectivity index (χ1v) is 8.13. The number of aryl methyl sites for hydroxylation is 1. The molecule has 2 N–H and O–H groups in total. The Morgan fingerprint density at radius 3 is 2.73 bits per heavy atom. The zero-order valence-electron chi connectivity index (χ0n) is 14.3. The second-order valence-corrected chi connectivity index (χ2v) is 6.33. The highest BCUT2D eigenvalue weighted by Crippen LogP contribution is 2.17. The van der Waals surface area contributed by atoms with E-state index in [-0.39, 0.29) is 11.2 Å². The predicted octanol–water partition coefficient (Wildman–Crippen LogP) is 2.10. The first kappa shape index (κ1) is 17.7. The third-order valence-corrected chi connectivity index (χ3v) is 3.94. The van der Waals surface area contributed by atoms with E-state index in [2.05, 4.69) is 27.1 Å². The van der Waals surface area contributed by atoms with E-state index in [1.165, 1.54) is 4.57 Å². The van der Waals surface area contributed by atoms with Crippen LogP contribution in [0, 0.1) is 0 Å². The van der Waals surface area contributed by atoms with Crippen molar-refractivity contribution in [1.29, 1.82) is 0 Å². The molecule has 0 saturated heterocycles. The molecule has 2 aromatic heterocycles. The van der Waals surface area contributed by atoms with Crippen molar-refractivity contribution < 1.29 is 0 Å². The quantitative estimate of drug-likeness (QED) is 0.407. The Labute approximate surface area is 153 Å². The van der Waals surface area contributed by atoms with Crippen LogP contribution in [-0.2, 0) is 13.6 Å². The van der Waals surface area contributed by atoms with E-state index in [0.29, 0.717) is 17.5 Å². The van der Waals surface area contributed by atoms with Crippen molar-refractivity contribution in [2.45, 2.75) is 13.5 Å². The van der Waals surface area contributed by atoms with Gasteiger partial charge in [-0.3, -0.25) is 18.9 Å². The smallest absolute Gasteiger partial charge is 0.299 e. The second kappa shape index (κ2) is 7.01. The molecule has 1 aromatic carbocycles. The van der Waals surface area contributed by atoms with Crippen molar-refractivity contribution in [2.24, 2.45) is 12.1 Å². The molecule has 0 aliphatic rings. The predicted molar refractivity (Wildman–Crippen MR) is 103 cm³/mol. The molecule has 26 heavy (non-hydrogen) atoms. The van der Waals surface area contributed by atoms with Gasteiger partial charge in [-0.15, -0.1) is 0 Å². The number of nitrogens with zero attached hydrogens (tertiary/aromatic N) is 4. The largest absolute Gasteiger partial charge is 0.329 e. The number of allylic oxidation sites excluding steroid dienone is 1. The standard InChI is InChI=1S/C17H17ClN6O2/c1-10(2)9-24-13-14(23(3)17(26)21-15(13)25)20-16(24)22-19-8-11-4-6-12(18)7-5-11/h4-8H,1,9H2,2-3H3,(H,20,22)(H,21,25,26)/b19-8-. The van der Waals surface area contributed by atoms with Crippen molar-refractivity contribution in [1.82, 2.24) is 19.1 Å². The Morgan fingerprint density at radius 2 is 2.08 bits per heavy atom. The molecule has 0 aliphatic heterocycles. The minimum Gasteiger partial charge on any atom is -0.299 e. The van der Waals surface area contributed by atoms with E-state index in [4.69, 9.17) is 11.6 Å². The number of hydrogen-bond donors (Lipinski definition) is 2. The molecule has 9 heteroatoms. The molecule has 0 spiro atoms. The van der Waals surface area contributed by atoms with Gasteiger partial charge in [0.1, 0.15) is 0 Å². The number of hydrogen-bond acceptors (Lipinski definition) is 5. The summed E-state index contributed by atoms with van der Waals surface area (Å²) >= 11 is 5.86. The van der Waals surface area contributed by atoms with E-state index in [9.17, 15) is 9.59 Å². The number of H-pyrrole nitrogens is 1. The number of aromatic nitrogens is 4. The lowest BCUT2D eigenvalue weighted by Gasteiger charge is -2.07. The van der Waals surface area contributed by atoms with Gasteiger partial charge in [-0.25, -0.2) is 10.2 Å². The summed E-state index contributed by atoms with van der Waals surface area (Å²) in [5.74, 6) is 0.333. The number of anilines is 1. The molecule has 0 saturated carbocycles. The lowest BCUT2D eigenvalue weighted by atomic mass is 10.2. The molecule has 8 nitrogen and oxygen atoms in total. The van der Waals surface area contributed by atoms with E-state index in [1.807, 2.05) is 19.1 Å². The summed E-state index contributed by atoms with van der Waals surface area (Å²) in [5, 5.41) is 4.79. The monoisotopic (exact) mass is 372 g/mol. The summed E-state index contributed by atoms with van der Waals surface area (Å²) in [6, 6.07) is 7.15. The first-order valence-electron chi connectivity index (χ1n) is 7.75. The van der Waals surface area contributed by atoms with Gasteiger partial charge in [0.15, 0.2) is 11.2 Å². The van der Waals surface area contributed by atoms with Crippen LogP contribution < -0.4 is 16.7 Å². The van der Waals surface area contributed by atoms with E-state index >= 15 is 0 Å². The Kier molecular flexibility index (Phi) is 4.77. The zero-order valence-corrected chi connectivity index (χ0v) is 15.0. The summed E-state index contributed by atoms with van der Waals surface area (Å²) in [6.45, 7) is 6.07. The minimum atomic E-state index is -0.529. The Morgan fingerprint density at radius 1 is 1.38 bits per heavy atom. The van der Waals surface area contributed by atoms with Gasteiger partial charge in [-0.1, -0.05) is 35.9 Å². The third kappa shape index (κ3) is 3.45. The number of benzene rings is 1. The molecule has 0 fully saturated rings. The number of aromatic amines is 1. The number of halogens is 1. The summed E-state index contributed by atoms with van der Waals surface area (Å²) in [7, 11) is 1.54. The van der Waals surface area contributed by atoms with Crippen LogP contribution in [0.2, 0.25) is 5.02 Å². The maximum Gasteiger partial charge on any atom is 0.329 e. The number of imidazole rings is 1.